The van der Waals surface area contributed by atoms with Crippen molar-refractivity contribution in [3.63, 3.8) is 0 Å². The molecule has 0 aliphatic rings. The fraction of sp³-hybridized carbons (Fsp3) is 0.154. The molecule has 0 aliphatic heterocycles. The maximum Gasteiger partial charge on any atom is 0.338 e. The normalized spacial score (nSPS) is 10.2. The maximum absolute atomic E-state index is 11.1. The van der Waals surface area contributed by atoms with E-state index in [0.29, 0.717) is 22.5 Å². The molecule has 0 aromatic carbocycles. The summed E-state index contributed by atoms with van der Waals surface area (Å²) in [6.45, 7) is 2.41. The van der Waals surface area contributed by atoms with Crippen LogP contribution in [0.3, 0.4) is 0 Å². The Morgan fingerprint density at radius 1 is 1.37 bits per heavy atom. The van der Waals surface area contributed by atoms with E-state index in [-0.39, 0.29) is 5.56 Å². The van der Waals surface area contributed by atoms with Gasteiger partial charge in [-0.05, 0) is 36.9 Å². The third-order valence-electron chi connectivity index (χ3n) is 2.19. The molecule has 19 heavy (non-hydrogen) atoms. The smallest absolute Gasteiger partial charge is 0.338 e. The van der Waals surface area contributed by atoms with E-state index in [4.69, 9.17) is 9.84 Å². The first kappa shape index (κ1) is 13.4. The predicted molar refractivity (Wildman–Crippen MR) is 70.7 cm³/mol. The van der Waals surface area contributed by atoms with Gasteiger partial charge in [0, 0.05) is 12.3 Å². The minimum atomic E-state index is -1.00. The molecule has 0 saturated heterocycles. The van der Waals surface area contributed by atoms with E-state index >= 15 is 0 Å². The number of ether oxygens (including phenoxy) is 1. The Kier molecular flexibility index (Phi) is 4.35. The summed E-state index contributed by atoms with van der Waals surface area (Å²) in [4.78, 5) is 19.4. The first-order chi connectivity index (χ1) is 9.20. The fourth-order valence-corrected chi connectivity index (χ4v) is 2.27. The molecule has 0 bridgehead atoms. The summed E-state index contributed by atoms with van der Waals surface area (Å²) in [5, 5.41) is 10.1. The quantitative estimate of drug-likeness (QED) is 0.905. The Labute approximate surface area is 114 Å². The molecule has 1 N–H and O–H groups in total. The Morgan fingerprint density at radius 3 is 2.95 bits per heavy atom. The van der Waals surface area contributed by atoms with Crippen molar-refractivity contribution in [2.75, 3.05) is 6.61 Å². The molecule has 98 valence electrons. The van der Waals surface area contributed by atoms with Crippen LogP contribution in [-0.4, -0.2) is 27.7 Å². The second kappa shape index (κ2) is 6.19. The predicted octanol–water partition coefficient (Wildman–Crippen LogP) is 2.72. The number of carbonyl (C=O) groups is 1. The number of nitrogens with zero attached hydrogens (tertiary/aromatic N) is 2. The third-order valence-corrected chi connectivity index (χ3v) is 3.15. The highest BCUT2D eigenvalue weighted by molar-refractivity contribution is 7.99. The summed E-state index contributed by atoms with van der Waals surface area (Å²) >= 11 is 1.20. The second-order valence-corrected chi connectivity index (χ2v) is 4.52. The van der Waals surface area contributed by atoms with Gasteiger partial charge in [-0.1, -0.05) is 6.07 Å². The lowest BCUT2D eigenvalue weighted by Crippen LogP contribution is -2.00. The average Bonchev–Trinajstić information content (AvgIpc) is 2.40. The second-order valence-electron chi connectivity index (χ2n) is 3.51. The number of hydrogen-bond donors (Lipinski definition) is 1. The van der Waals surface area contributed by atoms with Crippen LogP contribution in [0.5, 0.6) is 5.88 Å². The summed E-state index contributed by atoms with van der Waals surface area (Å²) in [5.41, 5.74) is 0.163. The lowest BCUT2D eigenvalue weighted by atomic mass is 10.3. The summed E-state index contributed by atoms with van der Waals surface area (Å²) in [6, 6.07) is 8.46. The Bertz CT molecular complexity index is 590. The summed E-state index contributed by atoms with van der Waals surface area (Å²) < 4.78 is 5.30. The van der Waals surface area contributed by atoms with E-state index in [0.717, 1.165) is 0 Å². The minimum Gasteiger partial charge on any atom is -0.478 e. The third kappa shape index (κ3) is 3.45. The van der Waals surface area contributed by atoms with Crippen LogP contribution in [0.2, 0.25) is 0 Å². The van der Waals surface area contributed by atoms with Gasteiger partial charge in [0.15, 0.2) is 0 Å². The molecule has 2 heterocycles. The number of hydrogen-bond acceptors (Lipinski definition) is 5. The maximum atomic E-state index is 11.1. The molecule has 0 fully saturated rings. The molecule has 0 radical (unpaired) electrons. The largest absolute Gasteiger partial charge is 0.478 e. The van der Waals surface area contributed by atoms with Gasteiger partial charge in [-0.15, -0.1) is 0 Å². The van der Waals surface area contributed by atoms with Crippen LogP contribution in [0.15, 0.2) is 46.6 Å². The standard InChI is InChI=1S/C13H12N2O3S/c1-2-18-10-6-3-7-11(15-10)19-12-9(13(16)17)5-4-8-14-12/h3-8H,2H2,1H3,(H,16,17). The zero-order valence-corrected chi connectivity index (χ0v) is 11.1. The summed E-state index contributed by atoms with van der Waals surface area (Å²) in [6.07, 6.45) is 1.56. The molecule has 0 aliphatic carbocycles. The lowest BCUT2D eigenvalue weighted by Gasteiger charge is -2.06. The van der Waals surface area contributed by atoms with Gasteiger partial charge in [0.05, 0.1) is 12.2 Å². The van der Waals surface area contributed by atoms with Gasteiger partial charge in [-0.2, -0.15) is 0 Å². The molecular formula is C13H12N2O3S. The van der Waals surface area contributed by atoms with E-state index in [9.17, 15) is 4.79 Å². The number of rotatable bonds is 5. The number of aromatic nitrogens is 2. The highest BCUT2D eigenvalue weighted by Gasteiger charge is 2.12. The van der Waals surface area contributed by atoms with Crippen molar-refractivity contribution in [1.29, 1.82) is 0 Å². The van der Waals surface area contributed by atoms with Crippen molar-refractivity contribution in [2.24, 2.45) is 0 Å². The Morgan fingerprint density at radius 2 is 2.21 bits per heavy atom. The van der Waals surface area contributed by atoms with E-state index in [1.165, 1.54) is 17.8 Å². The van der Waals surface area contributed by atoms with Crippen LogP contribution in [0, 0.1) is 0 Å². The van der Waals surface area contributed by atoms with Gasteiger partial charge in [0.25, 0.3) is 0 Å². The zero-order chi connectivity index (χ0) is 13.7. The number of carboxylic acids is 1. The average molecular weight is 276 g/mol. The number of aromatic carboxylic acids is 1. The topological polar surface area (TPSA) is 72.3 Å². The monoisotopic (exact) mass is 276 g/mol. The van der Waals surface area contributed by atoms with Gasteiger partial charge in [0.2, 0.25) is 5.88 Å². The SMILES string of the molecule is CCOc1cccc(Sc2ncccc2C(=O)O)n1. The van der Waals surface area contributed by atoms with Crippen LogP contribution in [0.4, 0.5) is 0 Å². The first-order valence-electron chi connectivity index (χ1n) is 5.66. The molecule has 0 unspecified atom stereocenters. The Balaban J connectivity index is 2.26. The highest BCUT2D eigenvalue weighted by atomic mass is 32.2. The van der Waals surface area contributed by atoms with E-state index in [1.54, 1.807) is 24.4 Å². The molecule has 6 heteroatoms. The number of pyridine rings is 2. The van der Waals surface area contributed by atoms with E-state index in [2.05, 4.69) is 9.97 Å². The van der Waals surface area contributed by atoms with Crippen molar-refractivity contribution in [1.82, 2.24) is 9.97 Å². The van der Waals surface area contributed by atoms with Crippen molar-refractivity contribution >= 4 is 17.7 Å². The molecule has 0 saturated carbocycles. The van der Waals surface area contributed by atoms with Gasteiger partial charge in [0.1, 0.15) is 10.1 Å². The molecule has 0 atom stereocenters. The molecule has 5 nitrogen and oxygen atoms in total. The number of carboxylic acid groups (broad SMARTS) is 1. The van der Waals surface area contributed by atoms with Crippen molar-refractivity contribution in [3.05, 3.63) is 42.1 Å². The molecule has 0 spiro atoms. The summed E-state index contributed by atoms with van der Waals surface area (Å²) in [5.74, 6) is -0.489. The van der Waals surface area contributed by atoms with Gasteiger partial charge in [-0.25, -0.2) is 14.8 Å². The van der Waals surface area contributed by atoms with Gasteiger partial charge < -0.3 is 9.84 Å². The first-order valence-corrected chi connectivity index (χ1v) is 6.48. The molecule has 2 aromatic rings. The van der Waals surface area contributed by atoms with Gasteiger partial charge in [-0.3, -0.25) is 0 Å². The van der Waals surface area contributed by atoms with Gasteiger partial charge >= 0.3 is 5.97 Å². The van der Waals surface area contributed by atoms with Crippen molar-refractivity contribution < 1.29 is 14.6 Å². The Hall–Kier alpha value is -2.08. The van der Waals surface area contributed by atoms with E-state index < -0.39 is 5.97 Å². The lowest BCUT2D eigenvalue weighted by molar-refractivity contribution is 0.0692. The van der Waals surface area contributed by atoms with E-state index in [1.807, 2.05) is 13.0 Å². The van der Waals surface area contributed by atoms with Crippen molar-refractivity contribution in [2.45, 2.75) is 17.0 Å². The molecule has 2 aromatic heterocycles. The minimum absolute atomic E-state index is 0.163. The van der Waals surface area contributed by atoms with Crippen LogP contribution in [0.25, 0.3) is 0 Å². The molecular weight excluding hydrogens is 264 g/mol. The molecule has 2 rings (SSSR count). The molecule has 0 amide bonds. The summed E-state index contributed by atoms with van der Waals surface area (Å²) in [7, 11) is 0. The van der Waals surface area contributed by atoms with Crippen LogP contribution in [0.1, 0.15) is 17.3 Å². The highest BCUT2D eigenvalue weighted by Crippen LogP contribution is 2.28. The van der Waals surface area contributed by atoms with Crippen LogP contribution >= 0.6 is 11.8 Å². The van der Waals surface area contributed by atoms with Crippen LogP contribution < -0.4 is 4.74 Å². The van der Waals surface area contributed by atoms with Crippen molar-refractivity contribution in [3.8, 4) is 5.88 Å². The zero-order valence-electron chi connectivity index (χ0n) is 10.2. The fourth-order valence-electron chi connectivity index (χ4n) is 1.41. The van der Waals surface area contributed by atoms with Crippen LogP contribution in [-0.2, 0) is 0 Å².